The first-order valence-electron chi connectivity index (χ1n) is 5.63. The van der Waals surface area contributed by atoms with E-state index in [2.05, 4.69) is 5.43 Å². The van der Waals surface area contributed by atoms with Crippen LogP contribution < -0.4 is 5.43 Å². The lowest BCUT2D eigenvalue weighted by atomic mass is 10.1. The Morgan fingerprint density at radius 3 is 2.72 bits per heavy atom. The standard InChI is InChI=1S/C12H13ClN2O3/c13-10-4-1-9(2-5-10)3-6-11(16)14-15-7-8-18-12(15)17/h1-2,4-5H,3,6-8H2,(H,14,16). The highest BCUT2D eigenvalue weighted by Gasteiger charge is 2.23. The number of aryl methyl sites for hydroxylation is 1. The quantitative estimate of drug-likeness (QED) is 0.905. The summed E-state index contributed by atoms with van der Waals surface area (Å²) in [5.74, 6) is -0.205. The highest BCUT2D eigenvalue weighted by atomic mass is 35.5. The normalized spacial score (nSPS) is 14.5. The number of ether oxygens (including phenoxy) is 1. The van der Waals surface area contributed by atoms with E-state index in [0.29, 0.717) is 31.0 Å². The fourth-order valence-electron chi connectivity index (χ4n) is 1.61. The van der Waals surface area contributed by atoms with Gasteiger partial charge < -0.3 is 4.74 Å². The van der Waals surface area contributed by atoms with Crippen LogP contribution in [0.5, 0.6) is 0 Å². The molecule has 0 radical (unpaired) electrons. The third-order valence-corrected chi connectivity index (χ3v) is 2.83. The second-order valence-corrected chi connectivity index (χ2v) is 4.36. The monoisotopic (exact) mass is 268 g/mol. The van der Waals surface area contributed by atoms with Gasteiger partial charge >= 0.3 is 6.09 Å². The molecule has 96 valence electrons. The van der Waals surface area contributed by atoms with E-state index in [4.69, 9.17) is 16.3 Å². The first-order valence-corrected chi connectivity index (χ1v) is 6.01. The van der Waals surface area contributed by atoms with E-state index in [0.717, 1.165) is 5.56 Å². The number of cyclic esters (lactones) is 1. The smallest absolute Gasteiger partial charge is 0.428 e. The van der Waals surface area contributed by atoms with Crippen LogP contribution >= 0.6 is 11.6 Å². The first-order chi connectivity index (χ1) is 8.65. The number of carbonyl (C=O) groups excluding carboxylic acids is 2. The Kier molecular flexibility index (Phi) is 4.04. The van der Waals surface area contributed by atoms with Crippen LogP contribution in [0.3, 0.4) is 0 Å². The molecule has 0 spiro atoms. The van der Waals surface area contributed by atoms with Gasteiger partial charge in [-0.1, -0.05) is 23.7 Å². The van der Waals surface area contributed by atoms with Gasteiger partial charge in [0, 0.05) is 11.4 Å². The SMILES string of the molecule is O=C(CCc1ccc(Cl)cc1)NN1CCOC1=O. The molecule has 1 aliphatic heterocycles. The third-order valence-electron chi connectivity index (χ3n) is 2.57. The van der Waals surface area contributed by atoms with Crippen LogP contribution in [0.4, 0.5) is 4.79 Å². The molecule has 0 aromatic heterocycles. The minimum absolute atomic E-state index is 0.205. The molecular formula is C12H13ClN2O3. The molecule has 1 heterocycles. The number of hydrogen-bond acceptors (Lipinski definition) is 3. The summed E-state index contributed by atoms with van der Waals surface area (Å²) in [5, 5.41) is 1.85. The predicted molar refractivity (Wildman–Crippen MR) is 66.0 cm³/mol. The van der Waals surface area contributed by atoms with Crippen molar-refractivity contribution in [3.05, 3.63) is 34.9 Å². The molecular weight excluding hydrogens is 256 g/mol. The maximum Gasteiger partial charge on any atom is 0.428 e. The van der Waals surface area contributed by atoms with Crippen molar-refractivity contribution in [2.24, 2.45) is 0 Å². The molecule has 0 aliphatic carbocycles. The molecule has 6 heteroatoms. The van der Waals surface area contributed by atoms with Crippen molar-refractivity contribution >= 4 is 23.6 Å². The van der Waals surface area contributed by atoms with E-state index < -0.39 is 6.09 Å². The van der Waals surface area contributed by atoms with Crippen molar-refractivity contribution < 1.29 is 14.3 Å². The van der Waals surface area contributed by atoms with Crippen molar-refractivity contribution in [2.75, 3.05) is 13.2 Å². The minimum Gasteiger partial charge on any atom is -0.446 e. The van der Waals surface area contributed by atoms with Crippen molar-refractivity contribution in [3.8, 4) is 0 Å². The molecule has 5 nitrogen and oxygen atoms in total. The van der Waals surface area contributed by atoms with E-state index in [1.807, 2.05) is 12.1 Å². The Morgan fingerprint density at radius 2 is 2.11 bits per heavy atom. The summed E-state index contributed by atoms with van der Waals surface area (Å²) in [5.41, 5.74) is 3.53. The van der Waals surface area contributed by atoms with Crippen molar-refractivity contribution in [1.82, 2.24) is 10.4 Å². The molecule has 0 bridgehead atoms. The number of hydrogen-bond donors (Lipinski definition) is 1. The number of amides is 2. The van der Waals surface area contributed by atoms with E-state index in [1.54, 1.807) is 12.1 Å². The van der Waals surface area contributed by atoms with E-state index in [1.165, 1.54) is 5.01 Å². The summed E-state index contributed by atoms with van der Waals surface area (Å²) < 4.78 is 4.70. The Labute approximate surface area is 110 Å². The van der Waals surface area contributed by atoms with Gasteiger partial charge in [-0.3, -0.25) is 10.2 Å². The number of carbonyl (C=O) groups is 2. The van der Waals surface area contributed by atoms with Crippen molar-refractivity contribution in [1.29, 1.82) is 0 Å². The highest BCUT2D eigenvalue weighted by molar-refractivity contribution is 6.30. The maximum absolute atomic E-state index is 11.6. The minimum atomic E-state index is -0.505. The fraction of sp³-hybridized carbons (Fsp3) is 0.333. The molecule has 1 aromatic rings. The zero-order chi connectivity index (χ0) is 13.0. The molecule has 18 heavy (non-hydrogen) atoms. The molecule has 1 saturated heterocycles. The topological polar surface area (TPSA) is 58.6 Å². The average molecular weight is 269 g/mol. The summed E-state index contributed by atoms with van der Waals surface area (Å²) in [6.45, 7) is 0.710. The number of hydrazine groups is 1. The molecule has 0 unspecified atom stereocenters. The summed E-state index contributed by atoms with van der Waals surface area (Å²) in [4.78, 5) is 22.7. The number of benzene rings is 1. The molecule has 1 N–H and O–H groups in total. The second-order valence-electron chi connectivity index (χ2n) is 3.93. The lowest BCUT2D eigenvalue weighted by molar-refractivity contribution is -0.124. The highest BCUT2D eigenvalue weighted by Crippen LogP contribution is 2.11. The predicted octanol–water partition coefficient (Wildman–Crippen LogP) is 1.76. The van der Waals surface area contributed by atoms with Gasteiger partial charge in [0.25, 0.3) is 0 Å². The molecule has 0 atom stereocenters. The Hall–Kier alpha value is -1.75. The van der Waals surface area contributed by atoms with Crippen LogP contribution in [0, 0.1) is 0 Å². The van der Waals surface area contributed by atoms with E-state index in [9.17, 15) is 9.59 Å². The lowest BCUT2D eigenvalue weighted by Crippen LogP contribution is -2.42. The largest absolute Gasteiger partial charge is 0.446 e. The first kappa shape index (κ1) is 12.7. The van der Waals surface area contributed by atoms with Gasteiger partial charge in [-0.2, -0.15) is 0 Å². The number of nitrogens with zero attached hydrogens (tertiary/aromatic N) is 1. The zero-order valence-corrected chi connectivity index (χ0v) is 10.4. The Morgan fingerprint density at radius 1 is 1.39 bits per heavy atom. The third kappa shape index (κ3) is 3.37. The number of halogens is 1. The van der Waals surface area contributed by atoms with Gasteiger partial charge in [0.1, 0.15) is 6.61 Å². The van der Waals surface area contributed by atoms with Gasteiger partial charge in [0.15, 0.2) is 0 Å². The molecule has 1 aromatic carbocycles. The van der Waals surface area contributed by atoms with Gasteiger partial charge in [0.2, 0.25) is 5.91 Å². The van der Waals surface area contributed by atoms with Crippen LogP contribution in [0.1, 0.15) is 12.0 Å². The van der Waals surface area contributed by atoms with Crippen molar-refractivity contribution in [2.45, 2.75) is 12.8 Å². The van der Waals surface area contributed by atoms with Gasteiger partial charge in [-0.05, 0) is 24.1 Å². The van der Waals surface area contributed by atoms with Crippen LogP contribution in [-0.4, -0.2) is 30.2 Å². The zero-order valence-electron chi connectivity index (χ0n) is 9.69. The van der Waals surface area contributed by atoms with Crippen LogP contribution in [0.15, 0.2) is 24.3 Å². The van der Waals surface area contributed by atoms with Crippen molar-refractivity contribution in [3.63, 3.8) is 0 Å². The van der Waals surface area contributed by atoms with Gasteiger partial charge in [-0.25, -0.2) is 9.80 Å². The summed E-state index contributed by atoms with van der Waals surface area (Å²) >= 11 is 5.77. The molecule has 0 saturated carbocycles. The molecule has 1 aliphatic rings. The summed E-state index contributed by atoms with van der Waals surface area (Å²) in [6.07, 6.45) is 0.409. The van der Waals surface area contributed by atoms with E-state index >= 15 is 0 Å². The van der Waals surface area contributed by atoms with Crippen LogP contribution in [0.25, 0.3) is 0 Å². The van der Waals surface area contributed by atoms with Gasteiger partial charge in [-0.15, -0.1) is 0 Å². The van der Waals surface area contributed by atoms with E-state index in [-0.39, 0.29) is 5.91 Å². The summed E-state index contributed by atoms with van der Waals surface area (Å²) in [6, 6.07) is 7.32. The fourth-order valence-corrected chi connectivity index (χ4v) is 1.74. The van der Waals surface area contributed by atoms with Gasteiger partial charge in [0.05, 0.1) is 6.54 Å². The Bertz CT molecular complexity index is 447. The average Bonchev–Trinajstić information content (AvgIpc) is 2.74. The number of nitrogens with one attached hydrogen (secondary N) is 1. The van der Waals surface area contributed by atoms with Crippen LogP contribution in [-0.2, 0) is 16.0 Å². The number of rotatable bonds is 4. The van der Waals surface area contributed by atoms with Crippen LogP contribution in [0.2, 0.25) is 5.02 Å². The second kappa shape index (κ2) is 5.73. The Balaban J connectivity index is 1.78. The summed E-state index contributed by atoms with van der Waals surface area (Å²) in [7, 11) is 0. The molecule has 1 fully saturated rings. The maximum atomic E-state index is 11.6. The lowest BCUT2D eigenvalue weighted by Gasteiger charge is -2.13. The molecule has 2 amide bonds. The molecule has 2 rings (SSSR count).